The molecule has 3 atom stereocenters. The zero-order valence-corrected chi connectivity index (χ0v) is 34.7. The Morgan fingerprint density at radius 3 is 1.15 bits per heavy atom. The van der Waals surface area contributed by atoms with Crippen molar-refractivity contribution in [1.82, 2.24) is 5.32 Å². The molecule has 1 amide bonds. The molecule has 0 spiro atoms. The summed E-state index contributed by atoms with van der Waals surface area (Å²) in [5.41, 5.74) is 0. The number of rotatable bonds is 41. The molecule has 52 heavy (non-hydrogen) atoms. The minimum atomic E-state index is -1.10. The molecular weight excluding hydrogens is 643 g/mol. The Bertz CT molecular complexity index is 809. The Morgan fingerprint density at radius 2 is 0.808 bits per heavy atom. The van der Waals surface area contributed by atoms with E-state index in [2.05, 4.69) is 43.5 Å². The van der Waals surface area contributed by atoms with Crippen LogP contribution in [0.25, 0.3) is 0 Å². The third kappa shape index (κ3) is 36.9. The molecule has 0 saturated carbocycles. The topological polar surface area (TPSA) is 89.8 Å². The van der Waals surface area contributed by atoms with E-state index in [1.54, 1.807) is 6.08 Å². The molecule has 0 aliphatic rings. The van der Waals surface area contributed by atoms with Crippen molar-refractivity contribution in [2.75, 3.05) is 6.61 Å². The van der Waals surface area contributed by atoms with Crippen LogP contribution in [0, 0.1) is 0 Å². The van der Waals surface area contributed by atoms with Crippen LogP contribution in [0.2, 0.25) is 0 Å². The van der Waals surface area contributed by atoms with E-state index in [1.807, 2.05) is 6.08 Å². The summed E-state index contributed by atoms with van der Waals surface area (Å²) in [5, 5.41) is 33.0. The quantitative estimate of drug-likeness (QED) is 0.0372. The smallest absolute Gasteiger partial charge is 0.249 e. The van der Waals surface area contributed by atoms with E-state index in [1.165, 1.54) is 161 Å². The fourth-order valence-electron chi connectivity index (χ4n) is 6.93. The third-order valence-electron chi connectivity index (χ3n) is 10.5. The highest BCUT2D eigenvalue weighted by atomic mass is 16.3. The summed E-state index contributed by atoms with van der Waals surface area (Å²) in [6, 6.07) is -0.817. The summed E-state index contributed by atoms with van der Waals surface area (Å²) in [5.74, 6) is -0.517. The van der Waals surface area contributed by atoms with E-state index < -0.39 is 24.2 Å². The predicted molar refractivity (Wildman–Crippen MR) is 227 cm³/mol. The number of hydrogen-bond acceptors (Lipinski definition) is 4. The molecule has 306 valence electrons. The van der Waals surface area contributed by atoms with Crippen LogP contribution in [0.3, 0.4) is 0 Å². The van der Waals surface area contributed by atoms with Crippen LogP contribution >= 0.6 is 0 Å². The summed E-state index contributed by atoms with van der Waals surface area (Å²) in [7, 11) is 0. The van der Waals surface area contributed by atoms with Crippen molar-refractivity contribution in [1.29, 1.82) is 0 Å². The molecule has 0 aliphatic carbocycles. The number of nitrogens with one attached hydrogen (secondary N) is 1. The second-order valence-corrected chi connectivity index (χ2v) is 15.6. The van der Waals surface area contributed by atoms with Gasteiger partial charge in [0.2, 0.25) is 5.91 Å². The number of carbonyl (C=O) groups is 1. The zero-order valence-electron chi connectivity index (χ0n) is 34.7. The summed E-state index contributed by atoms with van der Waals surface area (Å²) < 4.78 is 0. The lowest BCUT2D eigenvalue weighted by atomic mass is 10.0. The maximum absolute atomic E-state index is 12.4. The minimum absolute atomic E-state index is 0.380. The van der Waals surface area contributed by atoms with Crippen molar-refractivity contribution in [3.8, 4) is 0 Å². The van der Waals surface area contributed by atoms with Gasteiger partial charge in [-0.2, -0.15) is 0 Å². The number of allylic oxidation sites excluding steroid dienone is 5. The fourth-order valence-corrected chi connectivity index (χ4v) is 6.93. The first kappa shape index (κ1) is 50.6. The molecule has 0 aromatic rings. The average Bonchev–Trinajstić information content (AvgIpc) is 3.15. The summed E-state index contributed by atoms with van der Waals surface area (Å²) >= 11 is 0. The van der Waals surface area contributed by atoms with Crippen molar-refractivity contribution in [3.63, 3.8) is 0 Å². The average molecular weight is 732 g/mol. The molecule has 0 fully saturated rings. The lowest BCUT2D eigenvalue weighted by molar-refractivity contribution is -0.131. The molecule has 5 nitrogen and oxygen atoms in total. The first-order valence-electron chi connectivity index (χ1n) is 22.8. The van der Waals surface area contributed by atoms with Gasteiger partial charge < -0.3 is 20.6 Å². The summed E-state index contributed by atoms with van der Waals surface area (Å²) in [4.78, 5) is 12.4. The number of aliphatic hydroxyl groups excluding tert-OH is 3. The molecule has 0 aromatic carbocycles. The number of carbonyl (C=O) groups excluding carboxylic acids is 1. The molecule has 0 bridgehead atoms. The van der Waals surface area contributed by atoms with Crippen LogP contribution in [0.15, 0.2) is 36.5 Å². The van der Waals surface area contributed by atoms with E-state index in [9.17, 15) is 20.1 Å². The third-order valence-corrected chi connectivity index (χ3v) is 10.5. The number of amides is 1. The Hall–Kier alpha value is -1.43. The highest BCUT2D eigenvalue weighted by Crippen LogP contribution is 2.17. The molecule has 4 N–H and O–H groups in total. The van der Waals surface area contributed by atoms with Crippen molar-refractivity contribution in [2.24, 2.45) is 0 Å². The SMILES string of the molecule is CC/C=C/CC/C=C/CC/C=C/C(O)C(CO)NC(=O)C(O)CCCCCCCCCCCCCCCCCCCCCCCCCCCCCC. The van der Waals surface area contributed by atoms with Gasteiger partial charge in [-0.25, -0.2) is 0 Å². The Morgan fingerprint density at radius 1 is 0.481 bits per heavy atom. The normalized spacial score (nSPS) is 13.9. The van der Waals surface area contributed by atoms with Gasteiger partial charge in [-0.15, -0.1) is 0 Å². The molecule has 0 aliphatic heterocycles. The second-order valence-electron chi connectivity index (χ2n) is 15.6. The Balaban J connectivity index is 3.52. The highest BCUT2D eigenvalue weighted by Gasteiger charge is 2.22. The Labute approximate surface area is 324 Å². The molecule has 5 heteroatoms. The van der Waals surface area contributed by atoms with Crippen LogP contribution in [-0.4, -0.2) is 46.1 Å². The summed E-state index contributed by atoms with van der Waals surface area (Å²) in [6.45, 7) is 4.05. The van der Waals surface area contributed by atoms with E-state index in [-0.39, 0.29) is 6.61 Å². The standard InChI is InChI=1S/C47H89NO4/c1-3-5-7-9-11-13-15-16-17-18-19-20-21-22-23-24-25-26-27-28-29-30-31-32-34-36-38-40-42-46(51)47(52)48-44(43-49)45(50)41-39-37-35-33-14-12-10-8-6-4-2/h6,8,14,33,39,41,44-46,49-51H,3-5,7,9-13,15-32,34-38,40,42-43H2,1-2H3,(H,48,52)/b8-6+,33-14+,41-39+. The van der Waals surface area contributed by atoms with E-state index in [0.717, 1.165) is 51.4 Å². The minimum Gasteiger partial charge on any atom is -0.394 e. The largest absolute Gasteiger partial charge is 0.394 e. The van der Waals surface area contributed by atoms with Crippen LogP contribution in [-0.2, 0) is 4.79 Å². The molecule has 0 heterocycles. The van der Waals surface area contributed by atoms with Crippen molar-refractivity contribution < 1.29 is 20.1 Å². The summed E-state index contributed by atoms with van der Waals surface area (Å²) in [6.07, 6.45) is 53.6. The monoisotopic (exact) mass is 732 g/mol. The highest BCUT2D eigenvalue weighted by molar-refractivity contribution is 5.80. The molecule has 0 saturated heterocycles. The van der Waals surface area contributed by atoms with Gasteiger partial charge >= 0.3 is 0 Å². The molecule has 0 aromatic heterocycles. The van der Waals surface area contributed by atoms with E-state index in [4.69, 9.17) is 0 Å². The molecule has 0 radical (unpaired) electrons. The van der Waals surface area contributed by atoms with Gasteiger partial charge in [0, 0.05) is 0 Å². The van der Waals surface area contributed by atoms with Crippen molar-refractivity contribution in [3.05, 3.63) is 36.5 Å². The van der Waals surface area contributed by atoms with Gasteiger partial charge in [0.1, 0.15) is 6.10 Å². The van der Waals surface area contributed by atoms with Gasteiger partial charge in [0.15, 0.2) is 0 Å². The molecule has 3 unspecified atom stereocenters. The van der Waals surface area contributed by atoms with Crippen LogP contribution in [0.5, 0.6) is 0 Å². The number of hydrogen-bond donors (Lipinski definition) is 4. The number of aliphatic hydroxyl groups is 3. The van der Waals surface area contributed by atoms with Gasteiger partial charge in [-0.1, -0.05) is 230 Å². The lowest BCUT2D eigenvalue weighted by Crippen LogP contribution is -2.48. The molecular formula is C47H89NO4. The van der Waals surface area contributed by atoms with Crippen LogP contribution in [0.4, 0.5) is 0 Å². The fraction of sp³-hybridized carbons (Fsp3) is 0.851. The second kappa shape index (κ2) is 42.3. The van der Waals surface area contributed by atoms with Gasteiger partial charge in [0.05, 0.1) is 18.8 Å². The Kier molecular flexibility index (Phi) is 41.1. The zero-order chi connectivity index (χ0) is 38.0. The van der Waals surface area contributed by atoms with Gasteiger partial charge in [0.25, 0.3) is 0 Å². The van der Waals surface area contributed by atoms with Gasteiger partial charge in [-0.3, -0.25) is 4.79 Å². The molecule has 0 rings (SSSR count). The van der Waals surface area contributed by atoms with E-state index >= 15 is 0 Å². The predicted octanol–water partition coefficient (Wildman–Crippen LogP) is 13.2. The first-order valence-corrected chi connectivity index (χ1v) is 22.8. The maximum atomic E-state index is 12.4. The van der Waals surface area contributed by atoms with Crippen LogP contribution < -0.4 is 5.32 Å². The van der Waals surface area contributed by atoms with E-state index in [0.29, 0.717) is 6.42 Å². The maximum Gasteiger partial charge on any atom is 0.249 e. The van der Waals surface area contributed by atoms with Crippen molar-refractivity contribution in [2.45, 2.75) is 250 Å². The van der Waals surface area contributed by atoms with Crippen molar-refractivity contribution >= 4 is 5.91 Å². The number of unbranched alkanes of at least 4 members (excludes halogenated alkanes) is 29. The van der Waals surface area contributed by atoms with Gasteiger partial charge in [-0.05, 0) is 38.5 Å². The van der Waals surface area contributed by atoms with Crippen LogP contribution in [0.1, 0.15) is 232 Å². The first-order chi connectivity index (χ1) is 25.6. The lowest BCUT2D eigenvalue weighted by Gasteiger charge is -2.21.